The number of hydrogen-bond donors (Lipinski definition) is 1. The molecule has 0 aliphatic rings. The molecule has 1 rings (SSSR count). The van der Waals surface area contributed by atoms with E-state index < -0.39 is 11.3 Å². The summed E-state index contributed by atoms with van der Waals surface area (Å²) in [7, 11) is 0. The number of hydrogen-bond acceptors (Lipinski definition) is 3. The highest BCUT2D eigenvalue weighted by molar-refractivity contribution is 7.80. The van der Waals surface area contributed by atoms with E-state index in [0.29, 0.717) is 5.82 Å². The van der Waals surface area contributed by atoms with Crippen LogP contribution in [0.4, 0.5) is 5.82 Å². The number of aromatic nitrogens is 2. The zero-order valence-corrected chi connectivity index (χ0v) is 8.59. The van der Waals surface area contributed by atoms with Crippen molar-refractivity contribution >= 4 is 17.1 Å². The molecule has 0 saturated heterocycles. The van der Waals surface area contributed by atoms with Gasteiger partial charge in [0.1, 0.15) is 5.82 Å². The lowest BCUT2D eigenvalue weighted by Gasteiger charge is -2.13. The minimum Gasteiger partial charge on any atom is -0.755 e. The average Bonchev–Trinajstić information content (AvgIpc) is 2.29. The Balaban J connectivity index is 2.97. The molecule has 0 radical (unpaired) electrons. The lowest BCUT2D eigenvalue weighted by Crippen LogP contribution is -2.11. The number of anilines is 1. The van der Waals surface area contributed by atoms with E-state index in [9.17, 15) is 8.76 Å². The maximum Gasteiger partial charge on any atom is 0.135 e. The molecule has 5 nitrogen and oxygen atoms in total. The zero-order valence-electron chi connectivity index (χ0n) is 7.77. The summed E-state index contributed by atoms with van der Waals surface area (Å²) in [6.45, 7) is 5.69. The quantitative estimate of drug-likeness (QED) is 0.743. The molecule has 0 aliphatic heterocycles. The van der Waals surface area contributed by atoms with E-state index in [1.165, 1.54) is 0 Å². The molecule has 1 heterocycles. The Morgan fingerprint density at radius 3 is 2.77 bits per heavy atom. The van der Waals surface area contributed by atoms with Crippen molar-refractivity contribution in [2.24, 2.45) is 0 Å². The van der Waals surface area contributed by atoms with Crippen molar-refractivity contribution in [2.75, 3.05) is 4.72 Å². The maximum absolute atomic E-state index is 10.4. The van der Waals surface area contributed by atoms with Crippen molar-refractivity contribution in [2.45, 2.75) is 26.8 Å². The first-order valence-corrected chi connectivity index (χ1v) is 5.00. The van der Waals surface area contributed by atoms with Crippen LogP contribution in [-0.4, -0.2) is 18.5 Å². The predicted octanol–water partition coefficient (Wildman–Crippen LogP) is 0.978. The average molecular weight is 202 g/mol. The maximum atomic E-state index is 10.4. The monoisotopic (exact) mass is 202 g/mol. The van der Waals surface area contributed by atoms with Gasteiger partial charge in [-0.3, -0.25) is 4.21 Å². The zero-order chi connectivity index (χ0) is 10.0. The van der Waals surface area contributed by atoms with Crippen molar-refractivity contribution in [3.8, 4) is 0 Å². The summed E-state index contributed by atoms with van der Waals surface area (Å²) in [5.74, 6) is 0.501. The molecule has 0 spiro atoms. The Kier molecular flexibility index (Phi) is 3.05. The van der Waals surface area contributed by atoms with Crippen molar-refractivity contribution in [1.82, 2.24) is 9.78 Å². The van der Waals surface area contributed by atoms with E-state index in [0.717, 1.165) is 5.69 Å². The van der Waals surface area contributed by atoms with E-state index >= 15 is 0 Å². The molecule has 0 aromatic carbocycles. The molecule has 0 bridgehead atoms. The van der Waals surface area contributed by atoms with Gasteiger partial charge in [0, 0.05) is 23.4 Å². The highest BCUT2D eigenvalue weighted by atomic mass is 32.2. The van der Waals surface area contributed by atoms with E-state index in [-0.39, 0.29) is 6.04 Å². The van der Waals surface area contributed by atoms with Crippen LogP contribution in [0.2, 0.25) is 0 Å². The van der Waals surface area contributed by atoms with Gasteiger partial charge in [0.15, 0.2) is 0 Å². The summed E-state index contributed by atoms with van der Waals surface area (Å²) in [6, 6.07) is 1.83. The first-order chi connectivity index (χ1) is 6.00. The highest BCUT2D eigenvalue weighted by Gasteiger charge is 2.07. The lowest BCUT2D eigenvalue weighted by atomic mass is 10.4. The second-order valence-corrected chi connectivity index (χ2v) is 3.72. The molecule has 1 aromatic heterocycles. The van der Waals surface area contributed by atoms with Gasteiger partial charge in [-0.15, -0.1) is 0 Å². The first-order valence-electron chi connectivity index (χ1n) is 3.92. The van der Waals surface area contributed by atoms with Crippen LogP contribution in [0.1, 0.15) is 25.6 Å². The van der Waals surface area contributed by atoms with Crippen molar-refractivity contribution in [3.63, 3.8) is 0 Å². The Morgan fingerprint density at radius 1 is 1.69 bits per heavy atom. The highest BCUT2D eigenvalue weighted by Crippen LogP contribution is 2.15. The van der Waals surface area contributed by atoms with Crippen LogP contribution in [0.5, 0.6) is 0 Å². The summed E-state index contributed by atoms with van der Waals surface area (Å²) >= 11 is -2.29. The van der Waals surface area contributed by atoms with Gasteiger partial charge in [0.25, 0.3) is 0 Å². The van der Waals surface area contributed by atoms with Crippen molar-refractivity contribution < 1.29 is 8.76 Å². The van der Waals surface area contributed by atoms with Crippen LogP contribution in [0, 0.1) is 6.92 Å². The van der Waals surface area contributed by atoms with Gasteiger partial charge in [0.05, 0.1) is 5.69 Å². The number of aryl methyl sites for hydroxylation is 1. The van der Waals surface area contributed by atoms with E-state index in [1.807, 2.05) is 20.8 Å². The third-order valence-electron chi connectivity index (χ3n) is 1.53. The summed E-state index contributed by atoms with van der Waals surface area (Å²) < 4.78 is 24.7. The second-order valence-electron chi connectivity index (χ2n) is 3.05. The smallest absolute Gasteiger partial charge is 0.135 e. The molecular formula is C7H12N3O2S-. The van der Waals surface area contributed by atoms with E-state index in [2.05, 4.69) is 9.82 Å². The van der Waals surface area contributed by atoms with Gasteiger partial charge in [-0.05, 0) is 20.8 Å². The number of nitrogens with zero attached hydrogens (tertiary/aromatic N) is 2. The largest absolute Gasteiger partial charge is 0.755 e. The minimum absolute atomic E-state index is 0.139. The third-order valence-corrected chi connectivity index (χ3v) is 1.91. The Hall–Kier alpha value is -0.880. The summed E-state index contributed by atoms with van der Waals surface area (Å²) in [5, 5.41) is 4.14. The fourth-order valence-corrected chi connectivity index (χ4v) is 1.40. The van der Waals surface area contributed by atoms with Gasteiger partial charge in [-0.2, -0.15) is 5.10 Å². The minimum atomic E-state index is -2.29. The Bertz CT molecular complexity index is 322. The summed E-state index contributed by atoms with van der Waals surface area (Å²) in [4.78, 5) is 0. The van der Waals surface area contributed by atoms with Crippen LogP contribution >= 0.6 is 0 Å². The summed E-state index contributed by atoms with van der Waals surface area (Å²) in [5.41, 5.74) is 0.793. The van der Waals surface area contributed by atoms with Gasteiger partial charge >= 0.3 is 0 Å². The SMILES string of the molecule is Cc1cc(NS(=O)[O-])n(C(C)C)n1. The van der Waals surface area contributed by atoms with Gasteiger partial charge < -0.3 is 9.27 Å². The molecule has 74 valence electrons. The predicted molar refractivity (Wildman–Crippen MR) is 49.9 cm³/mol. The van der Waals surface area contributed by atoms with Gasteiger partial charge in [-0.25, -0.2) is 4.68 Å². The number of rotatable bonds is 3. The second kappa shape index (κ2) is 3.89. The van der Waals surface area contributed by atoms with E-state index in [4.69, 9.17) is 0 Å². The standard InChI is InChI=1S/C7H13N3O2S/c1-5(2)10-7(9-13(11)12)4-6(3)8-10/h4-5,9H,1-3H3,(H,11,12)/p-1. The Labute approximate surface area is 79.6 Å². The van der Waals surface area contributed by atoms with Crippen LogP contribution in [0.3, 0.4) is 0 Å². The number of nitrogens with one attached hydrogen (secondary N) is 1. The van der Waals surface area contributed by atoms with Crippen LogP contribution in [0.15, 0.2) is 6.07 Å². The molecule has 0 fully saturated rings. The van der Waals surface area contributed by atoms with Gasteiger partial charge in [0.2, 0.25) is 0 Å². The first kappa shape index (κ1) is 10.2. The van der Waals surface area contributed by atoms with Gasteiger partial charge in [-0.1, -0.05) is 0 Å². The van der Waals surface area contributed by atoms with Crippen LogP contribution in [-0.2, 0) is 11.3 Å². The molecule has 1 aromatic rings. The Morgan fingerprint density at radius 2 is 2.31 bits per heavy atom. The molecule has 13 heavy (non-hydrogen) atoms. The normalized spacial score (nSPS) is 13.3. The van der Waals surface area contributed by atoms with Crippen molar-refractivity contribution in [3.05, 3.63) is 11.8 Å². The molecular weight excluding hydrogens is 190 g/mol. The van der Waals surface area contributed by atoms with Crippen molar-refractivity contribution in [1.29, 1.82) is 0 Å². The van der Waals surface area contributed by atoms with Crippen LogP contribution in [0.25, 0.3) is 0 Å². The fourth-order valence-electron chi connectivity index (χ4n) is 1.07. The molecule has 1 unspecified atom stereocenters. The van der Waals surface area contributed by atoms with E-state index in [1.54, 1.807) is 10.7 Å². The molecule has 0 amide bonds. The lowest BCUT2D eigenvalue weighted by molar-refractivity contribution is 0.528. The fraction of sp³-hybridized carbons (Fsp3) is 0.571. The summed E-state index contributed by atoms with van der Waals surface area (Å²) in [6.07, 6.45) is 0. The molecule has 1 N–H and O–H groups in total. The van der Waals surface area contributed by atoms with Crippen LogP contribution < -0.4 is 4.72 Å². The molecule has 0 saturated carbocycles. The third kappa shape index (κ3) is 2.53. The topological polar surface area (TPSA) is 70.0 Å². The molecule has 1 atom stereocenters. The molecule has 0 aliphatic carbocycles. The molecule has 6 heteroatoms.